The predicted molar refractivity (Wildman–Crippen MR) is 108 cm³/mol. The van der Waals surface area contributed by atoms with Crippen LogP contribution in [0.15, 0.2) is 65.7 Å². The zero-order chi connectivity index (χ0) is 18.4. The van der Waals surface area contributed by atoms with Crippen LogP contribution in [-0.2, 0) is 4.74 Å². The van der Waals surface area contributed by atoms with Crippen LogP contribution < -0.4 is 0 Å². The van der Waals surface area contributed by atoms with Crippen LogP contribution in [0.25, 0.3) is 22.0 Å². The van der Waals surface area contributed by atoms with Crippen molar-refractivity contribution in [1.29, 1.82) is 0 Å². The third kappa shape index (κ3) is 4.35. The predicted octanol–water partition coefficient (Wildman–Crippen LogP) is 5.08. The average molecular weight is 366 g/mol. The van der Waals surface area contributed by atoms with Crippen LogP contribution in [0.5, 0.6) is 0 Å². The zero-order valence-electron chi connectivity index (χ0n) is 15.0. The number of thioether (sulfide) groups is 1. The minimum atomic E-state index is -0.289. The fraction of sp³-hybridized carbons (Fsp3) is 0.238. The van der Waals surface area contributed by atoms with E-state index in [9.17, 15) is 4.79 Å². The van der Waals surface area contributed by atoms with Gasteiger partial charge in [0, 0.05) is 30.3 Å². The van der Waals surface area contributed by atoms with Gasteiger partial charge < -0.3 is 9.64 Å². The first-order valence-electron chi connectivity index (χ1n) is 8.65. The number of nitrogens with zero attached hydrogens (tertiary/aromatic N) is 2. The number of amides is 1. The molecule has 26 heavy (non-hydrogen) atoms. The van der Waals surface area contributed by atoms with Crippen LogP contribution in [0.1, 0.15) is 6.92 Å². The van der Waals surface area contributed by atoms with Gasteiger partial charge in [-0.05, 0) is 24.6 Å². The summed E-state index contributed by atoms with van der Waals surface area (Å²) in [6.45, 7) is 2.80. The summed E-state index contributed by atoms with van der Waals surface area (Å²) < 4.78 is 5.02. The second-order valence-electron chi connectivity index (χ2n) is 5.87. The van der Waals surface area contributed by atoms with Crippen LogP contribution in [0.2, 0.25) is 0 Å². The molecule has 3 rings (SSSR count). The molecule has 1 amide bonds. The molecule has 0 aliphatic carbocycles. The first kappa shape index (κ1) is 18.3. The third-order valence-corrected chi connectivity index (χ3v) is 4.99. The number of carbonyl (C=O) groups is 1. The van der Waals surface area contributed by atoms with Crippen molar-refractivity contribution in [3.05, 3.63) is 60.7 Å². The highest BCUT2D eigenvalue weighted by molar-refractivity contribution is 7.99. The Balaban J connectivity index is 1.83. The monoisotopic (exact) mass is 366 g/mol. The summed E-state index contributed by atoms with van der Waals surface area (Å²) in [6.07, 6.45) is -0.289. The zero-order valence-corrected chi connectivity index (χ0v) is 15.8. The fourth-order valence-corrected chi connectivity index (χ4v) is 3.69. The highest BCUT2D eigenvalue weighted by atomic mass is 32.2. The maximum absolute atomic E-state index is 11.7. The van der Waals surface area contributed by atoms with E-state index in [1.54, 1.807) is 23.7 Å². The van der Waals surface area contributed by atoms with Crippen molar-refractivity contribution in [3.8, 4) is 11.1 Å². The number of benzene rings is 2. The quantitative estimate of drug-likeness (QED) is 0.570. The van der Waals surface area contributed by atoms with E-state index >= 15 is 0 Å². The molecule has 4 nitrogen and oxygen atoms in total. The number of hydrogen-bond acceptors (Lipinski definition) is 4. The number of para-hydroxylation sites is 1. The van der Waals surface area contributed by atoms with Crippen molar-refractivity contribution < 1.29 is 9.53 Å². The highest BCUT2D eigenvalue weighted by Crippen LogP contribution is 2.32. The number of fused-ring (bicyclic) bond motifs is 1. The summed E-state index contributed by atoms with van der Waals surface area (Å²) in [4.78, 5) is 18.2. The molecule has 0 bridgehead atoms. The van der Waals surface area contributed by atoms with Crippen molar-refractivity contribution in [1.82, 2.24) is 9.88 Å². The molecule has 1 heterocycles. The molecule has 1 aromatic heterocycles. The standard InChI is InChI=1S/C21H22N2O2S/c1-3-25-21(24)23(2)13-14-26-20-18(16-9-5-4-6-10-16)15-17-11-7-8-12-19(17)22-20/h4-12,15H,3,13-14H2,1-2H3. The summed E-state index contributed by atoms with van der Waals surface area (Å²) in [5, 5.41) is 2.10. The van der Waals surface area contributed by atoms with Gasteiger partial charge in [0.15, 0.2) is 0 Å². The Morgan fingerprint density at radius 1 is 1.12 bits per heavy atom. The van der Waals surface area contributed by atoms with Crippen molar-refractivity contribution in [2.45, 2.75) is 11.9 Å². The molecule has 0 N–H and O–H groups in total. The Morgan fingerprint density at radius 2 is 1.85 bits per heavy atom. The van der Waals surface area contributed by atoms with Gasteiger partial charge in [-0.3, -0.25) is 0 Å². The van der Waals surface area contributed by atoms with Gasteiger partial charge in [0.05, 0.1) is 12.1 Å². The van der Waals surface area contributed by atoms with Gasteiger partial charge in [0.1, 0.15) is 5.03 Å². The van der Waals surface area contributed by atoms with Crippen LogP contribution >= 0.6 is 11.8 Å². The van der Waals surface area contributed by atoms with Gasteiger partial charge >= 0.3 is 6.09 Å². The van der Waals surface area contributed by atoms with Crippen molar-refractivity contribution in [3.63, 3.8) is 0 Å². The number of carbonyl (C=O) groups excluding carboxylic acids is 1. The molecule has 0 unspecified atom stereocenters. The molecule has 3 aromatic rings. The SMILES string of the molecule is CCOC(=O)N(C)CCSc1nc2ccccc2cc1-c1ccccc1. The first-order chi connectivity index (χ1) is 12.7. The molecule has 0 spiro atoms. The van der Waals surface area contributed by atoms with Gasteiger partial charge in [-0.15, -0.1) is 11.8 Å². The Kier molecular flexibility index (Phi) is 6.12. The van der Waals surface area contributed by atoms with E-state index in [-0.39, 0.29) is 6.09 Å². The lowest BCUT2D eigenvalue weighted by Gasteiger charge is -2.16. The lowest BCUT2D eigenvalue weighted by Crippen LogP contribution is -2.29. The maximum Gasteiger partial charge on any atom is 0.409 e. The fourth-order valence-electron chi connectivity index (χ4n) is 2.64. The van der Waals surface area contributed by atoms with Crippen molar-refractivity contribution in [2.75, 3.05) is 26.0 Å². The van der Waals surface area contributed by atoms with E-state index in [1.165, 1.54) is 0 Å². The van der Waals surface area contributed by atoms with E-state index in [1.807, 2.05) is 43.3 Å². The van der Waals surface area contributed by atoms with Gasteiger partial charge in [-0.2, -0.15) is 0 Å². The summed E-state index contributed by atoms with van der Waals surface area (Å²) in [6, 6.07) is 20.6. The van der Waals surface area contributed by atoms with Crippen molar-refractivity contribution >= 4 is 28.8 Å². The number of aromatic nitrogens is 1. The largest absolute Gasteiger partial charge is 0.450 e. The molecule has 0 aliphatic rings. The molecular weight excluding hydrogens is 344 g/mol. The van der Waals surface area contributed by atoms with Crippen molar-refractivity contribution in [2.24, 2.45) is 0 Å². The minimum Gasteiger partial charge on any atom is -0.450 e. The summed E-state index contributed by atoms with van der Waals surface area (Å²) in [5.41, 5.74) is 3.24. The Labute approximate surface area is 158 Å². The van der Waals surface area contributed by atoms with Crippen LogP contribution in [-0.4, -0.2) is 41.9 Å². The van der Waals surface area contributed by atoms with E-state index in [4.69, 9.17) is 9.72 Å². The van der Waals surface area contributed by atoms with E-state index in [0.717, 1.165) is 32.8 Å². The third-order valence-electron chi connectivity index (χ3n) is 4.02. The maximum atomic E-state index is 11.7. The lowest BCUT2D eigenvalue weighted by atomic mass is 10.1. The normalized spacial score (nSPS) is 10.7. The molecule has 0 saturated carbocycles. The molecule has 134 valence electrons. The molecule has 0 radical (unpaired) electrons. The number of rotatable bonds is 6. The Hall–Kier alpha value is -2.53. The second kappa shape index (κ2) is 8.72. The molecule has 0 aliphatic heterocycles. The molecular formula is C21H22N2O2S. The number of pyridine rings is 1. The number of hydrogen-bond donors (Lipinski definition) is 0. The highest BCUT2D eigenvalue weighted by Gasteiger charge is 2.12. The van der Waals surface area contributed by atoms with Gasteiger partial charge in [0.2, 0.25) is 0 Å². The Morgan fingerprint density at radius 3 is 2.62 bits per heavy atom. The Bertz CT molecular complexity index is 884. The molecule has 5 heteroatoms. The van der Waals surface area contributed by atoms with E-state index in [2.05, 4.69) is 24.3 Å². The minimum absolute atomic E-state index is 0.289. The molecule has 0 fully saturated rings. The molecule has 0 atom stereocenters. The topological polar surface area (TPSA) is 42.4 Å². The van der Waals surface area contributed by atoms with Crippen LogP contribution in [0.3, 0.4) is 0 Å². The first-order valence-corrected chi connectivity index (χ1v) is 9.63. The summed E-state index contributed by atoms with van der Waals surface area (Å²) in [7, 11) is 1.75. The summed E-state index contributed by atoms with van der Waals surface area (Å²) >= 11 is 1.66. The van der Waals surface area contributed by atoms with Crippen LogP contribution in [0, 0.1) is 0 Å². The molecule has 0 saturated heterocycles. The van der Waals surface area contributed by atoms with Gasteiger partial charge in [-0.1, -0.05) is 48.5 Å². The number of ether oxygens (including phenoxy) is 1. The van der Waals surface area contributed by atoms with E-state index in [0.29, 0.717) is 13.2 Å². The molecule has 2 aromatic carbocycles. The smallest absolute Gasteiger partial charge is 0.409 e. The van der Waals surface area contributed by atoms with Gasteiger partial charge in [-0.25, -0.2) is 9.78 Å². The van der Waals surface area contributed by atoms with Crippen LogP contribution in [0.4, 0.5) is 4.79 Å². The van der Waals surface area contributed by atoms with E-state index < -0.39 is 0 Å². The lowest BCUT2D eigenvalue weighted by molar-refractivity contribution is 0.118. The summed E-state index contributed by atoms with van der Waals surface area (Å²) in [5.74, 6) is 0.750. The van der Waals surface area contributed by atoms with Gasteiger partial charge in [0.25, 0.3) is 0 Å². The average Bonchev–Trinajstić information content (AvgIpc) is 2.68. The second-order valence-corrected chi connectivity index (χ2v) is 6.95.